The molecule has 0 saturated carbocycles. The van der Waals surface area contributed by atoms with E-state index in [0.29, 0.717) is 13.0 Å². The summed E-state index contributed by atoms with van der Waals surface area (Å²) in [4.78, 5) is 10.1. The number of nitrogens with two attached hydrogens (primary N) is 2. The molecule has 0 aromatic carbocycles. The van der Waals surface area contributed by atoms with E-state index in [4.69, 9.17) is 16.6 Å². The predicted octanol–water partition coefficient (Wildman–Crippen LogP) is -0.981. The van der Waals surface area contributed by atoms with Gasteiger partial charge in [-0.3, -0.25) is 4.79 Å². The van der Waals surface area contributed by atoms with Gasteiger partial charge in [0.25, 0.3) is 0 Å². The van der Waals surface area contributed by atoms with Crippen molar-refractivity contribution >= 4 is 11.9 Å². The summed E-state index contributed by atoms with van der Waals surface area (Å²) in [5.74, 6) is -0.801. The Morgan fingerprint density at radius 3 is 2.58 bits per heavy atom. The van der Waals surface area contributed by atoms with Crippen molar-refractivity contribution in [3.63, 3.8) is 0 Å². The van der Waals surface area contributed by atoms with Gasteiger partial charge in [-0.15, -0.1) is 5.10 Å². The van der Waals surface area contributed by atoms with Crippen LogP contribution in [0, 0.1) is 0 Å². The molecular weight excluding hydrogens is 160 g/mol. The standard InChI is InChI=1S/C6H14N4O2/c7-6(8)10-9-4-2-1-3-5(11)12/h9H,1-4H2,(H,11,12)(H4,7,8,10). The van der Waals surface area contributed by atoms with Crippen molar-refractivity contribution in [2.45, 2.75) is 19.3 Å². The van der Waals surface area contributed by atoms with E-state index in [2.05, 4.69) is 10.5 Å². The molecule has 0 unspecified atom stereocenters. The van der Waals surface area contributed by atoms with Gasteiger partial charge in [-0.1, -0.05) is 0 Å². The molecule has 0 aliphatic carbocycles. The Morgan fingerprint density at radius 1 is 1.42 bits per heavy atom. The molecule has 0 heterocycles. The summed E-state index contributed by atoms with van der Waals surface area (Å²) < 4.78 is 0. The van der Waals surface area contributed by atoms with Gasteiger partial charge in [0.15, 0.2) is 0 Å². The molecule has 0 aliphatic heterocycles. The first-order valence-electron chi connectivity index (χ1n) is 3.66. The van der Waals surface area contributed by atoms with Crippen molar-refractivity contribution < 1.29 is 9.90 Å². The third kappa shape index (κ3) is 8.54. The van der Waals surface area contributed by atoms with E-state index in [1.165, 1.54) is 0 Å². The van der Waals surface area contributed by atoms with Crippen molar-refractivity contribution in [1.82, 2.24) is 5.43 Å². The summed E-state index contributed by atoms with van der Waals surface area (Å²) in [7, 11) is 0. The summed E-state index contributed by atoms with van der Waals surface area (Å²) in [6, 6.07) is 0. The molecule has 6 N–H and O–H groups in total. The van der Waals surface area contributed by atoms with E-state index in [9.17, 15) is 4.79 Å². The molecule has 6 heteroatoms. The van der Waals surface area contributed by atoms with E-state index < -0.39 is 5.97 Å². The number of unbranched alkanes of at least 4 members (excludes halogenated alkanes) is 1. The third-order valence-electron chi connectivity index (χ3n) is 1.14. The topological polar surface area (TPSA) is 114 Å². The van der Waals surface area contributed by atoms with Gasteiger partial charge in [-0.25, -0.2) is 0 Å². The highest BCUT2D eigenvalue weighted by atomic mass is 16.4. The molecule has 0 rings (SSSR count). The van der Waals surface area contributed by atoms with Crippen LogP contribution in [0.4, 0.5) is 0 Å². The minimum Gasteiger partial charge on any atom is -0.481 e. The summed E-state index contributed by atoms with van der Waals surface area (Å²) in [6.45, 7) is 0.588. The zero-order valence-corrected chi connectivity index (χ0v) is 6.79. The van der Waals surface area contributed by atoms with Crippen LogP contribution in [0.15, 0.2) is 5.10 Å². The molecule has 0 aromatic heterocycles. The molecule has 0 atom stereocenters. The minimum atomic E-state index is -0.781. The maximum Gasteiger partial charge on any atom is 0.303 e. The molecular formula is C6H14N4O2. The predicted molar refractivity (Wildman–Crippen MR) is 45.3 cm³/mol. The summed E-state index contributed by atoms with van der Waals surface area (Å²) >= 11 is 0. The Hall–Kier alpha value is -1.46. The van der Waals surface area contributed by atoms with Gasteiger partial charge in [0.2, 0.25) is 5.96 Å². The van der Waals surface area contributed by atoms with Crippen LogP contribution in [0.3, 0.4) is 0 Å². The molecule has 0 radical (unpaired) electrons. The molecule has 0 aromatic rings. The van der Waals surface area contributed by atoms with E-state index in [-0.39, 0.29) is 12.4 Å². The highest BCUT2D eigenvalue weighted by Gasteiger charge is 1.94. The van der Waals surface area contributed by atoms with E-state index in [0.717, 1.165) is 6.42 Å². The molecule has 0 bridgehead atoms. The average molecular weight is 174 g/mol. The maximum absolute atomic E-state index is 10.1. The van der Waals surface area contributed by atoms with Gasteiger partial charge in [0.1, 0.15) is 0 Å². The van der Waals surface area contributed by atoms with Crippen LogP contribution < -0.4 is 16.9 Å². The SMILES string of the molecule is NC(N)=NNCCCCC(=O)O. The number of carboxylic acids is 1. The number of guanidine groups is 1. The van der Waals surface area contributed by atoms with Crippen LogP contribution in [-0.4, -0.2) is 23.6 Å². The Labute approximate surface area is 70.6 Å². The normalized spacial score (nSPS) is 9.00. The Morgan fingerprint density at radius 2 is 2.08 bits per heavy atom. The average Bonchev–Trinajstić information content (AvgIpc) is 1.95. The lowest BCUT2D eigenvalue weighted by atomic mass is 10.2. The smallest absolute Gasteiger partial charge is 0.303 e. The number of hydrazone groups is 1. The van der Waals surface area contributed by atoms with Crippen LogP contribution in [0.5, 0.6) is 0 Å². The van der Waals surface area contributed by atoms with Crippen molar-refractivity contribution in [3.05, 3.63) is 0 Å². The monoisotopic (exact) mass is 174 g/mol. The lowest BCUT2D eigenvalue weighted by Crippen LogP contribution is -2.26. The molecule has 0 spiro atoms. The van der Waals surface area contributed by atoms with E-state index in [1.807, 2.05) is 0 Å². The Balaban J connectivity index is 3.11. The van der Waals surface area contributed by atoms with Crippen LogP contribution >= 0.6 is 0 Å². The van der Waals surface area contributed by atoms with Gasteiger partial charge < -0.3 is 22.0 Å². The molecule has 70 valence electrons. The molecule has 0 aliphatic rings. The largest absolute Gasteiger partial charge is 0.481 e. The van der Waals surface area contributed by atoms with Crippen molar-refractivity contribution in [1.29, 1.82) is 0 Å². The van der Waals surface area contributed by atoms with Crippen molar-refractivity contribution in [3.8, 4) is 0 Å². The Bertz CT molecular complexity index is 165. The fourth-order valence-corrected chi connectivity index (χ4v) is 0.627. The number of carbonyl (C=O) groups is 1. The number of nitrogens with one attached hydrogen (secondary N) is 1. The molecule has 6 nitrogen and oxygen atoms in total. The zero-order valence-electron chi connectivity index (χ0n) is 6.79. The van der Waals surface area contributed by atoms with Crippen molar-refractivity contribution in [2.24, 2.45) is 16.6 Å². The number of hydrogen-bond donors (Lipinski definition) is 4. The zero-order chi connectivity index (χ0) is 9.40. The second-order valence-electron chi connectivity index (χ2n) is 2.30. The maximum atomic E-state index is 10.1. The van der Waals surface area contributed by atoms with E-state index >= 15 is 0 Å². The minimum absolute atomic E-state index is 0.0202. The Kier molecular flexibility index (Phi) is 5.50. The van der Waals surface area contributed by atoms with Gasteiger partial charge in [-0.2, -0.15) is 0 Å². The fraction of sp³-hybridized carbons (Fsp3) is 0.667. The van der Waals surface area contributed by atoms with Gasteiger partial charge in [-0.05, 0) is 12.8 Å². The number of carboxylic acid groups (broad SMARTS) is 1. The second-order valence-corrected chi connectivity index (χ2v) is 2.30. The summed E-state index contributed by atoms with van der Waals surface area (Å²) in [5, 5.41) is 11.8. The van der Waals surface area contributed by atoms with Crippen LogP contribution in [0.1, 0.15) is 19.3 Å². The first-order valence-corrected chi connectivity index (χ1v) is 3.66. The molecule has 0 saturated heterocycles. The summed E-state index contributed by atoms with van der Waals surface area (Å²) in [6.07, 6.45) is 1.55. The lowest BCUT2D eigenvalue weighted by molar-refractivity contribution is -0.137. The molecule has 12 heavy (non-hydrogen) atoms. The number of nitrogens with zero attached hydrogens (tertiary/aromatic N) is 1. The van der Waals surface area contributed by atoms with E-state index in [1.54, 1.807) is 0 Å². The first kappa shape index (κ1) is 10.5. The molecule has 0 amide bonds. The lowest BCUT2D eigenvalue weighted by Gasteiger charge is -1.98. The van der Waals surface area contributed by atoms with Crippen molar-refractivity contribution in [2.75, 3.05) is 6.54 Å². The fourth-order valence-electron chi connectivity index (χ4n) is 0.627. The number of rotatable bonds is 6. The molecule has 0 fully saturated rings. The van der Waals surface area contributed by atoms with Gasteiger partial charge >= 0.3 is 5.97 Å². The van der Waals surface area contributed by atoms with Crippen LogP contribution in [-0.2, 0) is 4.79 Å². The quantitative estimate of drug-likeness (QED) is 0.179. The number of hydrogen-bond acceptors (Lipinski definition) is 3. The highest BCUT2D eigenvalue weighted by Crippen LogP contribution is 1.92. The van der Waals surface area contributed by atoms with Crippen LogP contribution in [0.2, 0.25) is 0 Å². The summed E-state index contributed by atoms with van der Waals surface area (Å²) in [5.41, 5.74) is 12.7. The van der Waals surface area contributed by atoms with Crippen LogP contribution in [0.25, 0.3) is 0 Å². The van der Waals surface area contributed by atoms with Gasteiger partial charge in [0, 0.05) is 13.0 Å². The second kappa shape index (κ2) is 6.26. The highest BCUT2D eigenvalue weighted by molar-refractivity contribution is 5.75. The first-order chi connectivity index (χ1) is 5.63. The number of aliphatic carboxylic acids is 1. The third-order valence-corrected chi connectivity index (χ3v) is 1.14. The van der Waals surface area contributed by atoms with Gasteiger partial charge in [0.05, 0.1) is 0 Å².